The fourth-order valence-electron chi connectivity index (χ4n) is 3.66. The van der Waals surface area contributed by atoms with E-state index in [-0.39, 0.29) is 17.0 Å². The van der Waals surface area contributed by atoms with Gasteiger partial charge in [0.1, 0.15) is 11.2 Å². The Bertz CT molecular complexity index is 1230. The highest BCUT2D eigenvalue weighted by Crippen LogP contribution is 2.36. The third-order valence-corrected chi connectivity index (χ3v) is 6.10. The van der Waals surface area contributed by atoms with Crippen LogP contribution in [0.4, 0.5) is 0 Å². The molecule has 1 N–H and O–H groups in total. The number of carbonyl (C=O) groups excluding carboxylic acids is 1. The number of nitrogens with zero attached hydrogens (tertiary/aromatic N) is 2. The second kappa shape index (κ2) is 7.87. The molecule has 0 spiro atoms. The first-order valence-electron chi connectivity index (χ1n) is 10.8. The molecule has 3 heterocycles. The maximum Gasteiger partial charge on any atom is 0.494 e. The van der Waals surface area contributed by atoms with E-state index in [2.05, 4.69) is 10.3 Å². The summed E-state index contributed by atoms with van der Waals surface area (Å²) in [6.45, 7) is 11.7. The van der Waals surface area contributed by atoms with Gasteiger partial charge >= 0.3 is 7.12 Å². The maximum atomic E-state index is 13.0. The van der Waals surface area contributed by atoms with E-state index in [1.807, 2.05) is 65.8 Å². The van der Waals surface area contributed by atoms with Crippen LogP contribution >= 0.6 is 0 Å². The van der Waals surface area contributed by atoms with Crippen molar-refractivity contribution in [2.24, 2.45) is 0 Å². The van der Waals surface area contributed by atoms with Gasteiger partial charge in [0.15, 0.2) is 0 Å². The van der Waals surface area contributed by atoms with Crippen LogP contribution in [0.25, 0.3) is 16.7 Å². The van der Waals surface area contributed by atoms with E-state index >= 15 is 0 Å². The molecular weight excluding hydrogens is 405 g/mol. The third-order valence-electron chi connectivity index (χ3n) is 6.10. The van der Waals surface area contributed by atoms with Crippen LogP contribution in [0.1, 0.15) is 51.9 Å². The number of nitrogens with one attached hydrogen (secondary N) is 1. The van der Waals surface area contributed by atoms with Crippen LogP contribution in [-0.2, 0) is 9.31 Å². The largest absolute Gasteiger partial charge is 0.494 e. The van der Waals surface area contributed by atoms with Gasteiger partial charge in [-0.3, -0.25) is 9.59 Å². The van der Waals surface area contributed by atoms with Gasteiger partial charge < -0.3 is 19.2 Å². The van der Waals surface area contributed by atoms with Gasteiger partial charge in [0.25, 0.3) is 5.91 Å². The fourth-order valence-corrected chi connectivity index (χ4v) is 3.66. The summed E-state index contributed by atoms with van der Waals surface area (Å²) < 4.78 is 14.1. The first kappa shape index (κ1) is 22.2. The minimum absolute atomic E-state index is 0.0697. The van der Waals surface area contributed by atoms with Crippen molar-refractivity contribution in [2.75, 3.05) is 0 Å². The summed E-state index contributed by atoms with van der Waals surface area (Å²) in [5, 5.41) is 3.18. The fraction of sp³-hybridized carbons (Fsp3) is 0.375. The monoisotopic (exact) mass is 433 g/mol. The molecule has 1 saturated heterocycles. The Morgan fingerprint density at radius 3 is 2.44 bits per heavy atom. The van der Waals surface area contributed by atoms with Crippen molar-refractivity contribution >= 4 is 29.5 Å². The van der Waals surface area contributed by atoms with E-state index in [0.717, 1.165) is 11.2 Å². The summed E-state index contributed by atoms with van der Waals surface area (Å²) >= 11 is 0. The van der Waals surface area contributed by atoms with Gasteiger partial charge in [0.05, 0.1) is 16.6 Å². The molecule has 32 heavy (non-hydrogen) atoms. The molecule has 3 aromatic rings. The Hall–Kier alpha value is -2.97. The predicted octanol–water partition coefficient (Wildman–Crippen LogP) is 2.82. The normalized spacial score (nSPS) is 17.2. The highest BCUT2D eigenvalue weighted by atomic mass is 16.7. The van der Waals surface area contributed by atoms with Crippen molar-refractivity contribution in [2.45, 2.75) is 58.8 Å². The van der Waals surface area contributed by atoms with Crippen molar-refractivity contribution in [3.05, 3.63) is 64.6 Å². The van der Waals surface area contributed by atoms with Crippen LogP contribution in [-0.4, -0.2) is 39.8 Å². The van der Waals surface area contributed by atoms with Gasteiger partial charge in [-0.2, -0.15) is 0 Å². The highest BCUT2D eigenvalue weighted by molar-refractivity contribution is 6.62. The molecule has 1 amide bonds. The Kier molecular flexibility index (Phi) is 5.47. The topological polar surface area (TPSA) is 82.5 Å². The zero-order chi connectivity index (χ0) is 23.3. The first-order valence-corrected chi connectivity index (χ1v) is 10.8. The summed E-state index contributed by atoms with van der Waals surface area (Å²) in [5.41, 5.74) is 0.883. The molecule has 1 aliphatic rings. The standard InChI is InChI=1S/C24H28BN3O4/c1-15(2)27-22(30)19-14-28(21-18(20(19)29)11-8-12-26-21)17-10-7-9-16(13-17)25-31-23(3,4)24(5,6)32-25/h7-15H,1-6H3,(H,27,30). The van der Waals surface area contributed by atoms with Crippen LogP contribution in [0.2, 0.25) is 0 Å². The summed E-state index contributed by atoms with van der Waals surface area (Å²) in [4.78, 5) is 30.2. The average Bonchev–Trinajstić information content (AvgIpc) is 2.95. The highest BCUT2D eigenvalue weighted by Gasteiger charge is 2.51. The number of carbonyl (C=O) groups is 1. The molecule has 0 radical (unpaired) electrons. The van der Waals surface area contributed by atoms with E-state index in [1.54, 1.807) is 29.1 Å². The van der Waals surface area contributed by atoms with Gasteiger partial charge in [-0.1, -0.05) is 12.1 Å². The van der Waals surface area contributed by atoms with Gasteiger partial charge in [-0.05, 0) is 71.3 Å². The van der Waals surface area contributed by atoms with Gasteiger partial charge in [-0.15, -0.1) is 0 Å². The lowest BCUT2D eigenvalue weighted by Gasteiger charge is -2.32. The second-order valence-corrected chi connectivity index (χ2v) is 9.43. The number of hydrogen-bond acceptors (Lipinski definition) is 5. The molecule has 0 saturated carbocycles. The summed E-state index contributed by atoms with van der Waals surface area (Å²) in [6, 6.07) is 11.0. The van der Waals surface area contributed by atoms with Crippen LogP contribution in [0.15, 0.2) is 53.6 Å². The molecule has 8 heteroatoms. The number of hydrogen-bond donors (Lipinski definition) is 1. The molecule has 0 aliphatic carbocycles. The second-order valence-electron chi connectivity index (χ2n) is 9.43. The van der Waals surface area contributed by atoms with Crippen molar-refractivity contribution in [3.63, 3.8) is 0 Å². The lowest BCUT2D eigenvalue weighted by atomic mass is 9.79. The Morgan fingerprint density at radius 2 is 1.78 bits per heavy atom. The van der Waals surface area contributed by atoms with Gasteiger partial charge in [0, 0.05) is 24.1 Å². The number of fused-ring (bicyclic) bond motifs is 1. The number of benzene rings is 1. The molecule has 7 nitrogen and oxygen atoms in total. The average molecular weight is 433 g/mol. The number of pyridine rings is 2. The first-order chi connectivity index (χ1) is 15.0. The van der Waals surface area contributed by atoms with Crippen LogP contribution in [0, 0.1) is 0 Å². The Balaban J connectivity index is 1.84. The van der Waals surface area contributed by atoms with Crippen molar-refractivity contribution < 1.29 is 14.1 Å². The quantitative estimate of drug-likeness (QED) is 0.640. The lowest BCUT2D eigenvalue weighted by Crippen LogP contribution is -2.41. The summed E-state index contributed by atoms with van der Waals surface area (Å²) in [7, 11) is -0.526. The summed E-state index contributed by atoms with van der Waals surface area (Å²) in [6.07, 6.45) is 3.18. The third kappa shape index (κ3) is 3.85. The molecule has 2 aromatic heterocycles. The van der Waals surface area contributed by atoms with E-state index in [0.29, 0.717) is 11.0 Å². The SMILES string of the molecule is CC(C)NC(=O)c1cn(-c2cccc(B3OC(C)(C)C(C)(C)O3)c2)c2ncccc2c1=O. The van der Waals surface area contributed by atoms with E-state index in [4.69, 9.17) is 9.31 Å². The van der Waals surface area contributed by atoms with E-state index < -0.39 is 24.2 Å². The van der Waals surface area contributed by atoms with Crippen molar-refractivity contribution in [3.8, 4) is 5.69 Å². The Labute approximate surface area is 187 Å². The molecule has 166 valence electrons. The van der Waals surface area contributed by atoms with Crippen molar-refractivity contribution in [1.82, 2.24) is 14.9 Å². The number of amides is 1. The molecular formula is C24H28BN3O4. The molecule has 0 bridgehead atoms. The van der Waals surface area contributed by atoms with Crippen molar-refractivity contribution in [1.29, 1.82) is 0 Å². The number of aromatic nitrogens is 2. The van der Waals surface area contributed by atoms with Crippen LogP contribution < -0.4 is 16.2 Å². The molecule has 1 fully saturated rings. The molecule has 1 aromatic carbocycles. The molecule has 4 rings (SSSR count). The molecule has 1 aliphatic heterocycles. The minimum Gasteiger partial charge on any atom is -0.399 e. The van der Waals surface area contributed by atoms with Crippen LogP contribution in [0.3, 0.4) is 0 Å². The van der Waals surface area contributed by atoms with E-state index in [1.165, 1.54) is 0 Å². The zero-order valence-electron chi connectivity index (χ0n) is 19.3. The van der Waals surface area contributed by atoms with Gasteiger partial charge in [0.2, 0.25) is 5.43 Å². The smallest absolute Gasteiger partial charge is 0.399 e. The zero-order valence-corrected chi connectivity index (χ0v) is 19.3. The molecule has 0 unspecified atom stereocenters. The summed E-state index contributed by atoms with van der Waals surface area (Å²) in [5.74, 6) is -0.411. The number of rotatable bonds is 4. The minimum atomic E-state index is -0.526. The molecule has 0 atom stereocenters. The maximum absolute atomic E-state index is 13.0. The Morgan fingerprint density at radius 1 is 1.09 bits per heavy atom. The predicted molar refractivity (Wildman–Crippen MR) is 126 cm³/mol. The van der Waals surface area contributed by atoms with E-state index in [9.17, 15) is 9.59 Å². The van der Waals surface area contributed by atoms with Crippen LogP contribution in [0.5, 0.6) is 0 Å². The van der Waals surface area contributed by atoms with Gasteiger partial charge in [-0.25, -0.2) is 4.98 Å². The lowest BCUT2D eigenvalue weighted by molar-refractivity contribution is 0.00578.